The highest BCUT2D eigenvalue weighted by atomic mass is 32.3. The number of pyridine rings is 1. The molecule has 0 amide bonds. The van der Waals surface area contributed by atoms with Gasteiger partial charge in [0.25, 0.3) is 0 Å². The standard InChI is InChI=1S/C29H35N5O5S/c1-5-22-17-33(40(37,38)26-8-7-13-30-29(26)39-22)16-21-14-20(10-9-18(21)3)24(15-27(35)36)23-11-12-25-28(19(23)4)31-32-34(25)6-2/h7-14,22,24,37-38H,5-6,15-17H2,1-4H3,(H,35,36)/t22-,24?/m1/s1. The van der Waals surface area contributed by atoms with E-state index in [-0.39, 0.29) is 29.8 Å². The summed E-state index contributed by atoms with van der Waals surface area (Å²) in [6.07, 6.45) is 1.89. The maximum atomic E-state index is 12.0. The number of nitrogens with zero attached hydrogens (tertiary/aromatic N) is 5. The maximum Gasteiger partial charge on any atom is 0.304 e. The zero-order valence-corrected chi connectivity index (χ0v) is 23.9. The molecule has 2 atom stereocenters. The molecule has 1 aliphatic rings. The van der Waals surface area contributed by atoms with E-state index in [1.165, 1.54) is 0 Å². The summed E-state index contributed by atoms with van der Waals surface area (Å²) in [7, 11) is -3.38. The summed E-state index contributed by atoms with van der Waals surface area (Å²) in [4.78, 5) is 16.6. The third kappa shape index (κ3) is 5.17. The van der Waals surface area contributed by atoms with Gasteiger partial charge in [-0.25, -0.2) is 9.67 Å². The first-order valence-corrected chi connectivity index (χ1v) is 14.9. The van der Waals surface area contributed by atoms with E-state index in [4.69, 9.17) is 4.74 Å². The molecular formula is C29H35N5O5S. The zero-order valence-electron chi connectivity index (χ0n) is 23.1. The van der Waals surface area contributed by atoms with Crippen LogP contribution in [-0.4, -0.2) is 57.1 Å². The van der Waals surface area contributed by atoms with Gasteiger partial charge in [0, 0.05) is 25.2 Å². The van der Waals surface area contributed by atoms with Crippen molar-refractivity contribution in [2.75, 3.05) is 6.54 Å². The average molecular weight is 566 g/mol. The van der Waals surface area contributed by atoms with Gasteiger partial charge in [-0.05, 0) is 73.2 Å². The van der Waals surface area contributed by atoms with Crippen LogP contribution in [0.5, 0.6) is 5.88 Å². The second-order valence-electron chi connectivity index (χ2n) is 10.2. The van der Waals surface area contributed by atoms with Gasteiger partial charge in [0.1, 0.15) is 16.5 Å². The van der Waals surface area contributed by atoms with E-state index in [1.807, 2.05) is 62.7 Å². The van der Waals surface area contributed by atoms with Crippen molar-refractivity contribution in [2.24, 2.45) is 0 Å². The lowest BCUT2D eigenvalue weighted by molar-refractivity contribution is -0.137. The number of fused-ring (bicyclic) bond motifs is 2. The Hall–Kier alpha value is -3.51. The number of rotatable bonds is 8. The van der Waals surface area contributed by atoms with Crippen LogP contribution in [0, 0.1) is 13.8 Å². The summed E-state index contributed by atoms with van der Waals surface area (Å²) in [6, 6.07) is 13.1. The van der Waals surface area contributed by atoms with Crippen molar-refractivity contribution in [1.29, 1.82) is 0 Å². The molecular weight excluding hydrogens is 530 g/mol. The van der Waals surface area contributed by atoms with E-state index in [9.17, 15) is 19.0 Å². The highest BCUT2D eigenvalue weighted by molar-refractivity contribution is 8.22. The fraction of sp³-hybridized carbons (Fsp3) is 0.379. The number of ether oxygens (including phenoxy) is 1. The molecule has 0 aliphatic carbocycles. The molecule has 0 saturated carbocycles. The average Bonchev–Trinajstić information content (AvgIpc) is 3.32. The van der Waals surface area contributed by atoms with Gasteiger partial charge in [0.2, 0.25) is 5.88 Å². The molecule has 0 spiro atoms. The zero-order chi connectivity index (χ0) is 28.6. The Morgan fingerprint density at radius 3 is 2.70 bits per heavy atom. The Bertz CT molecular complexity index is 1560. The number of benzene rings is 2. The summed E-state index contributed by atoms with van der Waals surface area (Å²) in [5, 5.41) is 18.5. The predicted molar refractivity (Wildman–Crippen MR) is 154 cm³/mol. The van der Waals surface area contributed by atoms with E-state index < -0.39 is 22.7 Å². The van der Waals surface area contributed by atoms with E-state index >= 15 is 0 Å². The first kappa shape index (κ1) is 28.0. The highest BCUT2D eigenvalue weighted by Crippen LogP contribution is 2.57. The van der Waals surface area contributed by atoms with Crippen molar-refractivity contribution in [3.05, 3.63) is 76.5 Å². The topological polar surface area (TPSA) is 134 Å². The SMILES string of the molecule is CC[C@@H]1CN(Cc2cc(C(CC(=O)O)c3ccc4c(nnn4CC)c3C)ccc2C)S(O)(O)c2cccnc2O1. The molecule has 3 N–H and O–H groups in total. The molecule has 1 unspecified atom stereocenters. The third-order valence-electron chi connectivity index (χ3n) is 7.69. The molecule has 0 saturated heterocycles. The van der Waals surface area contributed by atoms with Crippen LogP contribution in [0.4, 0.5) is 0 Å². The lowest BCUT2D eigenvalue weighted by atomic mass is 9.84. The van der Waals surface area contributed by atoms with E-state index in [0.717, 1.165) is 38.9 Å². The fourth-order valence-corrected chi connectivity index (χ4v) is 6.92. The summed E-state index contributed by atoms with van der Waals surface area (Å²) in [5.74, 6) is -1.08. The Balaban J connectivity index is 1.55. The number of aromatic nitrogens is 4. The molecule has 0 fully saturated rings. The molecule has 4 aromatic rings. The number of aryl methyl sites for hydroxylation is 3. The smallest absolute Gasteiger partial charge is 0.304 e. The normalized spacial score (nSPS) is 18.5. The summed E-state index contributed by atoms with van der Waals surface area (Å²) < 4.78 is 32.4. The van der Waals surface area contributed by atoms with Crippen molar-refractivity contribution in [2.45, 2.75) is 70.5 Å². The molecule has 0 bridgehead atoms. The highest BCUT2D eigenvalue weighted by Gasteiger charge is 2.35. The number of hydrogen-bond donors (Lipinski definition) is 3. The van der Waals surface area contributed by atoms with Crippen LogP contribution in [0.25, 0.3) is 11.0 Å². The van der Waals surface area contributed by atoms with Crippen molar-refractivity contribution in [1.82, 2.24) is 24.3 Å². The Morgan fingerprint density at radius 1 is 1.18 bits per heavy atom. The van der Waals surface area contributed by atoms with E-state index in [2.05, 4.69) is 15.3 Å². The molecule has 2 aromatic heterocycles. The monoisotopic (exact) mass is 565 g/mol. The quantitative estimate of drug-likeness (QED) is 0.243. The van der Waals surface area contributed by atoms with Crippen LogP contribution in [0.1, 0.15) is 60.4 Å². The van der Waals surface area contributed by atoms with Gasteiger partial charge in [-0.3, -0.25) is 13.9 Å². The van der Waals surface area contributed by atoms with Gasteiger partial charge in [0.05, 0.1) is 18.5 Å². The van der Waals surface area contributed by atoms with Gasteiger partial charge in [-0.15, -0.1) is 15.9 Å². The maximum absolute atomic E-state index is 12.0. The molecule has 212 valence electrons. The molecule has 5 rings (SSSR count). The van der Waals surface area contributed by atoms with Gasteiger partial charge < -0.3 is 9.84 Å². The van der Waals surface area contributed by atoms with Crippen molar-refractivity contribution >= 4 is 27.8 Å². The minimum absolute atomic E-state index is 0.0968. The fourth-order valence-electron chi connectivity index (χ4n) is 5.35. The van der Waals surface area contributed by atoms with Crippen molar-refractivity contribution in [3.8, 4) is 5.88 Å². The second-order valence-corrected chi connectivity index (χ2v) is 12.2. The molecule has 40 heavy (non-hydrogen) atoms. The van der Waals surface area contributed by atoms with Gasteiger partial charge in [-0.1, -0.05) is 36.4 Å². The minimum Gasteiger partial charge on any atom is -0.481 e. The first-order valence-electron chi connectivity index (χ1n) is 13.4. The molecule has 3 heterocycles. The lowest BCUT2D eigenvalue weighted by Crippen LogP contribution is -2.34. The molecule has 0 radical (unpaired) electrons. The number of carboxylic acid groups (broad SMARTS) is 1. The third-order valence-corrected chi connectivity index (χ3v) is 9.59. The first-order chi connectivity index (χ1) is 19.1. The van der Waals surface area contributed by atoms with E-state index in [0.29, 0.717) is 19.5 Å². The van der Waals surface area contributed by atoms with Crippen LogP contribution in [-0.2, 0) is 17.9 Å². The molecule has 1 aliphatic heterocycles. The lowest BCUT2D eigenvalue weighted by Gasteiger charge is -2.41. The van der Waals surface area contributed by atoms with Crippen LogP contribution in [0.15, 0.2) is 53.6 Å². The molecule has 10 nitrogen and oxygen atoms in total. The Kier molecular flexibility index (Phi) is 7.83. The van der Waals surface area contributed by atoms with Crippen LogP contribution < -0.4 is 4.74 Å². The Labute approximate surface area is 235 Å². The number of aliphatic carboxylic acids is 1. The Morgan fingerprint density at radius 2 is 1.98 bits per heavy atom. The van der Waals surface area contributed by atoms with Gasteiger partial charge in [0.15, 0.2) is 0 Å². The number of hydrogen-bond acceptors (Lipinski definition) is 8. The van der Waals surface area contributed by atoms with Crippen molar-refractivity contribution in [3.63, 3.8) is 0 Å². The van der Waals surface area contributed by atoms with Crippen LogP contribution in [0.3, 0.4) is 0 Å². The van der Waals surface area contributed by atoms with E-state index in [1.54, 1.807) is 22.6 Å². The second kappa shape index (κ2) is 11.2. The minimum atomic E-state index is -3.38. The molecule has 2 aromatic carbocycles. The van der Waals surface area contributed by atoms with Crippen LogP contribution in [0.2, 0.25) is 0 Å². The summed E-state index contributed by atoms with van der Waals surface area (Å²) >= 11 is 0. The predicted octanol–water partition coefficient (Wildman–Crippen LogP) is 5.77. The van der Waals surface area contributed by atoms with Gasteiger partial charge >= 0.3 is 5.97 Å². The van der Waals surface area contributed by atoms with Crippen molar-refractivity contribution < 1.29 is 23.7 Å². The number of carboxylic acids is 1. The largest absolute Gasteiger partial charge is 0.481 e. The van der Waals surface area contributed by atoms with Gasteiger partial charge in [-0.2, -0.15) is 4.31 Å². The van der Waals surface area contributed by atoms with Crippen LogP contribution >= 0.6 is 10.8 Å². The molecule has 11 heteroatoms. The summed E-state index contributed by atoms with van der Waals surface area (Å²) in [6.45, 7) is 9.16. The summed E-state index contributed by atoms with van der Waals surface area (Å²) in [5.41, 5.74) is 6.15. The number of carbonyl (C=O) groups is 1.